The van der Waals surface area contributed by atoms with Gasteiger partial charge in [-0.15, -0.1) is 6.58 Å². The highest BCUT2D eigenvalue weighted by Crippen LogP contribution is 2.30. The molecule has 0 aliphatic rings. The number of nitrogens with one attached hydrogen (secondary N) is 1. The summed E-state index contributed by atoms with van der Waals surface area (Å²) in [5, 5.41) is 6.23. The topological polar surface area (TPSA) is 12.0 Å². The van der Waals surface area contributed by atoms with Crippen molar-refractivity contribution in [1.29, 1.82) is 0 Å². The van der Waals surface area contributed by atoms with Gasteiger partial charge in [0.05, 0.1) is 0 Å². The number of fused-ring (bicyclic) bond motifs is 1. The van der Waals surface area contributed by atoms with Crippen molar-refractivity contribution in [3.8, 4) is 0 Å². The molecule has 3 rings (SSSR count). The maximum absolute atomic E-state index is 4.40. The second-order valence-electron chi connectivity index (χ2n) is 7.22. The fraction of sp³-hybridized carbons (Fsp3) is 0.355. The van der Waals surface area contributed by atoms with E-state index in [0.717, 1.165) is 25.0 Å². The van der Waals surface area contributed by atoms with Gasteiger partial charge in [-0.25, -0.2) is 0 Å². The standard InChI is InChI=1S/C26H29N.2C2H6.CH4S/c1-6-10-22-16-25(20(5)23-11-8-9-12-24(22)23)19(4)17-27-26-15-18(3)13-14-21(26)7-2;3*1-2/h6,8-9,11-16,27H,1,4,7,10,17H2,2-3,5H3;2*1-2H3;2H,1H3. The summed E-state index contributed by atoms with van der Waals surface area (Å²) in [4.78, 5) is 0. The number of thiol groups is 1. The zero-order valence-corrected chi connectivity index (χ0v) is 23.1. The first-order chi connectivity index (χ1) is 16.0. The molecule has 1 N–H and O–H groups in total. The summed E-state index contributed by atoms with van der Waals surface area (Å²) in [6, 6.07) is 17.5. The van der Waals surface area contributed by atoms with Gasteiger partial charge in [0.1, 0.15) is 0 Å². The summed E-state index contributed by atoms with van der Waals surface area (Å²) in [5.74, 6) is 0. The molecule has 0 amide bonds. The molecule has 0 atom stereocenters. The number of hydrogen-bond acceptors (Lipinski definition) is 2. The van der Waals surface area contributed by atoms with Crippen LogP contribution in [0.1, 0.15) is 62.4 Å². The largest absolute Gasteiger partial charge is 0.381 e. The van der Waals surface area contributed by atoms with Gasteiger partial charge in [-0.1, -0.05) is 89.7 Å². The quantitative estimate of drug-likeness (QED) is 0.262. The molecule has 0 unspecified atom stereocenters. The lowest BCUT2D eigenvalue weighted by Crippen LogP contribution is -2.07. The van der Waals surface area contributed by atoms with Crippen LogP contribution < -0.4 is 5.32 Å². The third kappa shape index (κ3) is 8.44. The summed E-state index contributed by atoms with van der Waals surface area (Å²) in [5.41, 5.74) is 8.79. The molecule has 0 bridgehead atoms. The summed E-state index contributed by atoms with van der Waals surface area (Å²) < 4.78 is 0. The average molecular weight is 464 g/mol. The van der Waals surface area contributed by atoms with Gasteiger partial charge in [0.2, 0.25) is 0 Å². The van der Waals surface area contributed by atoms with Crippen molar-refractivity contribution in [2.75, 3.05) is 18.1 Å². The fourth-order valence-electron chi connectivity index (χ4n) is 3.75. The Morgan fingerprint density at radius 1 is 0.909 bits per heavy atom. The lowest BCUT2D eigenvalue weighted by Gasteiger charge is -2.18. The van der Waals surface area contributed by atoms with E-state index in [9.17, 15) is 0 Å². The SMILES string of the molecule is C=CCc1cc(C(=C)CNc2cc(C)ccc2CC)c(C)c2ccccc12.CC.CC.CS. The molecule has 0 aliphatic heterocycles. The number of hydrogen-bond donors (Lipinski definition) is 2. The van der Waals surface area contributed by atoms with Crippen LogP contribution in [0.2, 0.25) is 0 Å². The van der Waals surface area contributed by atoms with Crippen molar-refractivity contribution >= 4 is 34.7 Å². The molecule has 0 aromatic heterocycles. The second kappa shape index (κ2) is 17.1. The highest BCUT2D eigenvalue weighted by molar-refractivity contribution is 7.79. The van der Waals surface area contributed by atoms with Crippen molar-refractivity contribution in [3.63, 3.8) is 0 Å². The number of anilines is 1. The third-order valence-electron chi connectivity index (χ3n) is 5.28. The van der Waals surface area contributed by atoms with Crippen molar-refractivity contribution in [3.05, 3.63) is 95.6 Å². The van der Waals surface area contributed by atoms with Gasteiger partial charge in [0, 0.05) is 12.2 Å². The van der Waals surface area contributed by atoms with Crippen LogP contribution in [0, 0.1) is 13.8 Å². The minimum absolute atomic E-state index is 0.739. The molecule has 0 saturated heterocycles. The van der Waals surface area contributed by atoms with Crippen molar-refractivity contribution in [1.82, 2.24) is 0 Å². The van der Waals surface area contributed by atoms with Crippen LogP contribution in [-0.4, -0.2) is 12.8 Å². The Balaban J connectivity index is 0.00000158. The first kappa shape index (κ1) is 30.6. The van der Waals surface area contributed by atoms with Crippen LogP contribution in [-0.2, 0) is 12.8 Å². The summed E-state index contributed by atoms with van der Waals surface area (Å²) in [6.07, 6.45) is 5.56. The van der Waals surface area contributed by atoms with Crippen LogP contribution in [0.5, 0.6) is 0 Å². The fourth-order valence-corrected chi connectivity index (χ4v) is 3.75. The Labute approximate surface area is 209 Å². The molecule has 180 valence electrons. The van der Waals surface area contributed by atoms with Crippen LogP contribution >= 0.6 is 12.6 Å². The smallest absolute Gasteiger partial charge is 0.0401 e. The predicted molar refractivity (Wildman–Crippen MR) is 158 cm³/mol. The number of aryl methyl sites for hydroxylation is 3. The maximum Gasteiger partial charge on any atom is 0.0401 e. The number of rotatable bonds is 7. The van der Waals surface area contributed by atoms with E-state index in [0.29, 0.717) is 0 Å². The molecule has 2 heteroatoms. The molecule has 3 aromatic carbocycles. The third-order valence-corrected chi connectivity index (χ3v) is 5.28. The molecule has 0 fully saturated rings. The van der Waals surface area contributed by atoms with Gasteiger partial charge in [0.25, 0.3) is 0 Å². The highest BCUT2D eigenvalue weighted by atomic mass is 32.1. The minimum Gasteiger partial charge on any atom is -0.381 e. The summed E-state index contributed by atoms with van der Waals surface area (Å²) in [7, 11) is 0. The molecule has 0 aliphatic carbocycles. The second-order valence-corrected chi connectivity index (χ2v) is 7.22. The van der Waals surface area contributed by atoms with Crippen molar-refractivity contribution in [2.24, 2.45) is 0 Å². The Hall–Kier alpha value is -2.45. The monoisotopic (exact) mass is 463 g/mol. The van der Waals surface area contributed by atoms with Gasteiger partial charge >= 0.3 is 0 Å². The van der Waals surface area contributed by atoms with Crippen LogP contribution in [0.4, 0.5) is 5.69 Å². The average Bonchev–Trinajstić information content (AvgIpc) is 2.88. The number of benzene rings is 3. The van der Waals surface area contributed by atoms with Crippen molar-refractivity contribution < 1.29 is 0 Å². The lowest BCUT2D eigenvalue weighted by atomic mass is 9.91. The van der Waals surface area contributed by atoms with E-state index in [1.165, 1.54) is 44.3 Å². The Bertz CT molecular complexity index is 1000. The van der Waals surface area contributed by atoms with Crippen LogP contribution in [0.25, 0.3) is 16.3 Å². The molecular formula is C31H45NS. The highest BCUT2D eigenvalue weighted by Gasteiger charge is 2.11. The van der Waals surface area contributed by atoms with Gasteiger partial charge < -0.3 is 5.32 Å². The van der Waals surface area contributed by atoms with Crippen LogP contribution in [0.3, 0.4) is 0 Å². The van der Waals surface area contributed by atoms with E-state index in [-0.39, 0.29) is 0 Å². The molecule has 1 nitrogen and oxygen atoms in total. The molecule has 0 spiro atoms. The molecule has 0 heterocycles. The zero-order chi connectivity index (χ0) is 25.4. The predicted octanol–water partition coefficient (Wildman–Crippen LogP) is 9.47. The van der Waals surface area contributed by atoms with E-state index < -0.39 is 0 Å². The van der Waals surface area contributed by atoms with Gasteiger partial charge in [-0.2, -0.15) is 12.6 Å². The maximum atomic E-state index is 4.40. The van der Waals surface area contributed by atoms with E-state index >= 15 is 0 Å². The summed E-state index contributed by atoms with van der Waals surface area (Å²) >= 11 is 3.53. The number of allylic oxidation sites excluding steroid dienone is 1. The van der Waals surface area contributed by atoms with E-state index in [1.807, 2.05) is 33.8 Å². The Kier molecular flexibility index (Phi) is 15.8. The van der Waals surface area contributed by atoms with E-state index in [4.69, 9.17) is 0 Å². The van der Waals surface area contributed by atoms with Gasteiger partial charge in [-0.3, -0.25) is 0 Å². The first-order valence-electron chi connectivity index (χ1n) is 12.1. The zero-order valence-electron chi connectivity index (χ0n) is 22.2. The molecule has 0 saturated carbocycles. The van der Waals surface area contributed by atoms with Gasteiger partial charge in [-0.05, 0) is 83.2 Å². The summed E-state index contributed by atoms with van der Waals surface area (Å²) in [6.45, 7) is 23.6. The molecule has 0 radical (unpaired) electrons. The minimum atomic E-state index is 0.739. The molecular weight excluding hydrogens is 418 g/mol. The van der Waals surface area contributed by atoms with Gasteiger partial charge in [0.15, 0.2) is 0 Å². The normalized spacial score (nSPS) is 9.36. The van der Waals surface area contributed by atoms with Crippen LogP contribution in [0.15, 0.2) is 67.8 Å². The molecule has 33 heavy (non-hydrogen) atoms. The molecule has 3 aromatic rings. The van der Waals surface area contributed by atoms with Crippen molar-refractivity contribution in [2.45, 2.75) is 61.3 Å². The Morgan fingerprint density at radius 3 is 2.09 bits per heavy atom. The lowest BCUT2D eigenvalue weighted by molar-refractivity contribution is 1.12. The first-order valence-corrected chi connectivity index (χ1v) is 13.0. The Morgan fingerprint density at radius 2 is 1.52 bits per heavy atom. The van der Waals surface area contributed by atoms with E-state index in [1.54, 1.807) is 6.26 Å². The van der Waals surface area contributed by atoms with E-state index in [2.05, 4.69) is 100 Å².